The second kappa shape index (κ2) is 6.92. The summed E-state index contributed by atoms with van der Waals surface area (Å²) in [6.07, 6.45) is 1.77. The lowest BCUT2D eigenvalue weighted by atomic mass is 9.94. The van der Waals surface area contributed by atoms with E-state index < -0.39 is 11.6 Å². The monoisotopic (exact) mass is 330 g/mol. The molecule has 1 amide bonds. The molecule has 0 spiro atoms. The van der Waals surface area contributed by atoms with Crippen molar-refractivity contribution in [3.63, 3.8) is 0 Å². The van der Waals surface area contributed by atoms with Crippen LogP contribution >= 0.6 is 12.4 Å². The van der Waals surface area contributed by atoms with Crippen molar-refractivity contribution in [3.05, 3.63) is 35.4 Å². The van der Waals surface area contributed by atoms with Crippen LogP contribution in [0.1, 0.15) is 31.2 Å². The Kier molecular flexibility index (Phi) is 5.40. The molecule has 1 saturated heterocycles. The van der Waals surface area contributed by atoms with Gasteiger partial charge in [-0.15, -0.1) is 12.4 Å². The first kappa shape index (κ1) is 17.2. The number of carbonyl (C=O) groups excluding carboxylic acids is 1. The van der Waals surface area contributed by atoms with Gasteiger partial charge in [0.1, 0.15) is 0 Å². The van der Waals surface area contributed by atoms with E-state index in [1.54, 1.807) is 6.07 Å². The predicted molar refractivity (Wildman–Crippen MR) is 83.0 cm³/mol. The molecule has 3 nitrogen and oxygen atoms in total. The topological polar surface area (TPSA) is 41.1 Å². The molecular formula is C16H21ClF2N2O. The van der Waals surface area contributed by atoms with Crippen LogP contribution in [0.4, 0.5) is 8.78 Å². The SMILES string of the molecule is CC1CCNCC1NC(=O)C1CC1c1ccc(F)c(F)c1.Cl. The van der Waals surface area contributed by atoms with E-state index in [4.69, 9.17) is 0 Å². The Bertz CT molecular complexity index is 555. The first-order valence-electron chi connectivity index (χ1n) is 7.52. The third kappa shape index (κ3) is 3.58. The number of hydrogen-bond acceptors (Lipinski definition) is 2. The quantitative estimate of drug-likeness (QED) is 0.894. The molecule has 2 N–H and O–H groups in total. The van der Waals surface area contributed by atoms with Gasteiger partial charge >= 0.3 is 0 Å². The fourth-order valence-corrected chi connectivity index (χ4v) is 3.07. The maximum Gasteiger partial charge on any atom is 0.224 e. The molecule has 1 saturated carbocycles. The van der Waals surface area contributed by atoms with Crippen LogP contribution in [-0.2, 0) is 4.79 Å². The maximum absolute atomic E-state index is 13.2. The highest BCUT2D eigenvalue weighted by molar-refractivity contribution is 5.85. The van der Waals surface area contributed by atoms with Crippen molar-refractivity contribution in [2.24, 2.45) is 11.8 Å². The molecule has 3 rings (SSSR count). The Hall–Kier alpha value is -1.20. The van der Waals surface area contributed by atoms with Crippen LogP contribution in [0.3, 0.4) is 0 Å². The zero-order valence-corrected chi connectivity index (χ0v) is 13.3. The highest BCUT2D eigenvalue weighted by Crippen LogP contribution is 2.47. The van der Waals surface area contributed by atoms with Crippen LogP contribution in [-0.4, -0.2) is 25.0 Å². The Morgan fingerprint density at radius 3 is 2.77 bits per heavy atom. The van der Waals surface area contributed by atoms with E-state index in [9.17, 15) is 13.6 Å². The van der Waals surface area contributed by atoms with Crippen LogP contribution in [0.2, 0.25) is 0 Å². The van der Waals surface area contributed by atoms with E-state index in [0.717, 1.165) is 25.6 Å². The van der Waals surface area contributed by atoms with Gasteiger partial charge in [-0.3, -0.25) is 4.79 Å². The van der Waals surface area contributed by atoms with Gasteiger partial charge in [0.05, 0.1) is 0 Å². The molecule has 122 valence electrons. The average Bonchev–Trinajstić information content (AvgIpc) is 3.25. The number of piperidine rings is 1. The molecule has 2 aliphatic rings. The summed E-state index contributed by atoms with van der Waals surface area (Å²) in [6, 6.07) is 4.07. The van der Waals surface area contributed by atoms with Gasteiger partial charge in [-0.2, -0.15) is 0 Å². The lowest BCUT2D eigenvalue weighted by Crippen LogP contribution is -2.50. The van der Waals surface area contributed by atoms with E-state index in [0.29, 0.717) is 17.9 Å². The minimum absolute atomic E-state index is 0. The molecular weight excluding hydrogens is 310 g/mol. The summed E-state index contributed by atoms with van der Waals surface area (Å²) >= 11 is 0. The van der Waals surface area contributed by atoms with Gasteiger partial charge < -0.3 is 10.6 Å². The molecule has 0 bridgehead atoms. The molecule has 2 fully saturated rings. The van der Waals surface area contributed by atoms with Crippen LogP contribution in [0.15, 0.2) is 18.2 Å². The fraction of sp³-hybridized carbons (Fsp3) is 0.562. The van der Waals surface area contributed by atoms with E-state index in [1.165, 1.54) is 6.07 Å². The molecule has 4 atom stereocenters. The Labute approximate surface area is 135 Å². The number of nitrogens with one attached hydrogen (secondary N) is 2. The number of carbonyl (C=O) groups is 1. The largest absolute Gasteiger partial charge is 0.352 e. The molecule has 0 aromatic heterocycles. The molecule has 6 heteroatoms. The summed E-state index contributed by atoms with van der Waals surface area (Å²) in [5.41, 5.74) is 0.712. The summed E-state index contributed by atoms with van der Waals surface area (Å²) in [6.45, 7) is 3.94. The molecule has 4 unspecified atom stereocenters. The van der Waals surface area contributed by atoms with Gasteiger partial charge in [0.15, 0.2) is 11.6 Å². The standard InChI is InChI=1S/C16H20F2N2O.ClH/c1-9-4-5-19-8-15(9)20-16(21)12-7-11(12)10-2-3-13(17)14(18)6-10;/h2-3,6,9,11-12,15,19H,4-5,7-8H2,1H3,(H,20,21);1H. The summed E-state index contributed by atoms with van der Waals surface area (Å²) in [7, 11) is 0. The summed E-state index contributed by atoms with van der Waals surface area (Å²) in [4.78, 5) is 12.2. The Morgan fingerprint density at radius 2 is 2.09 bits per heavy atom. The molecule has 0 radical (unpaired) electrons. The predicted octanol–water partition coefficient (Wildman–Crippen LogP) is 2.60. The second-order valence-corrected chi connectivity index (χ2v) is 6.21. The van der Waals surface area contributed by atoms with Gasteiger partial charge in [0.25, 0.3) is 0 Å². The number of rotatable bonds is 3. The Morgan fingerprint density at radius 1 is 1.32 bits per heavy atom. The molecule has 1 aromatic carbocycles. The summed E-state index contributed by atoms with van der Waals surface area (Å²) in [5.74, 6) is -1.27. The van der Waals surface area contributed by atoms with Crippen molar-refractivity contribution < 1.29 is 13.6 Å². The van der Waals surface area contributed by atoms with Crippen molar-refractivity contribution in [2.75, 3.05) is 13.1 Å². The zero-order valence-electron chi connectivity index (χ0n) is 12.4. The van der Waals surface area contributed by atoms with Crippen molar-refractivity contribution >= 4 is 18.3 Å². The van der Waals surface area contributed by atoms with Gasteiger partial charge in [0.2, 0.25) is 5.91 Å². The van der Waals surface area contributed by atoms with E-state index in [1.807, 2.05) is 0 Å². The smallest absolute Gasteiger partial charge is 0.224 e. The normalized spacial score (nSPS) is 30.3. The highest BCUT2D eigenvalue weighted by atomic mass is 35.5. The van der Waals surface area contributed by atoms with Gasteiger partial charge in [-0.1, -0.05) is 13.0 Å². The van der Waals surface area contributed by atoms with E-state index in [2.05, 4.69) is 17.6 Å². The summed E-state index contributed by atoms with van der Waals surface area (Å²) in [5, 5.41) is 6.37. The average molecular weight is 331 g/mol. The van der Waals surface area contributed by atoms with Crippen LogP contribution in [0.5, 0.6) is 0 Å². The summed E-state index contributed by atoms with van der Waals surface area (Å²) < 4.78 is 26.2. The van der Waals surface area contributed by atoms with Gasteiger partial charge in [-0.05, 0) is 48.9 Å². The van der Waals surface area contributed by atoms with Crippen molar-refractivity contribution in [2.45, 2.75) is 31.7 Å². The number of amides is 1. The van der Waals surface area contributed by atoms with Gasteiger partial charge in [-0.25, -0.2) is 8.78 Å². The first-order chi connectivity index (χ1) is 10.1. The molecule has 1 aromatic rings. The van der Waals surface area contributed by atoms with Crippen LogP contribution in [0, 0.1) is 23.5 Å². The van der Waals surface area contributed by atoms with Crippen molar-refractivity contribution in [1.82, 2.24) is 10.6 Å². The number of benzene rings is 1. The van der Waals surface area contributed by atoms with Crippen LogP contribution < -0.4 is 10.6 Å². The molecule has 22 heavy (non-hydrogen) atoms. The first-order valence-corrected chi connectivity index (χ1v) is 7.52. The molecule has 1 heterocycles. The third-order valence-corrected chi connectivity index (χ3v) is 4.65. The minimum atomic E-state index is -0.845. The zero-order chi connectivity index (χ0) is 15.0. The lowest BCUT2D eigenvalue weighted by Gasteiger charge is -2.30. The van der Waals surface area contributed by atoms with Crippen molar-refractivity contribution in [1.29, 1.82) is 0 Å². The van der Waals surface area contributed by atoms with Crippen molar-refractivity contribution in [3.8, 4) is 0 Å². The number of hydrogen-bond donors (Lipinski definition) is 2. The molecule has 1 aliphatic heterocycles. The highest BCUT2D eigenvalue weighted by Gasteiger charge is 2.45. The third-order valence-electron chi connectivity index (χ3n) is 4.65. The van der Waals surface area contributed by atoms with E-state index in [-0.39, 0.29) is 36.2 Å². The second-order valence-electron chi connectivity index (χ2n) is 6.21. The Balaban J connectivity index is 0.00000176. The number of halogens is 3. The van der Waals surface area contributed by atoms with E-state index >= 15 is 0 Å². The fourth-order valence-electron chi connectivity index (χ4n) is 3.07. The molecule has 1 aliphatic carbocycles. The van der Waals surface area contributed by atoms with Gasteiger partial charge in [0, 0.05) is 18.5 Å². The van der Waals surface area contributed by atoms with Crippen LogP contribution in [0.25, 0.3) is 0 Å². The lowest BCUT2D eigenvalue weighted by molar-refractivity contribution is -0.123. The maximum atomic E-state index is 13.2. The minimum Gasteiger partial charge on any atom is -0.352 e.